The van der Waals surface area contributed by atoms with Crippen LogP contribution in [0.2, 0.25) is 0 Å². The van der Waals surface area contributed by atoms with Crippen LogP contribution in [-0.4, -0.2) is 46.0 Å². The maximum atomic E-state index is 12.4. The van der Waals surface area contributed by atoms with Crippen molar-refractivity contribution >= 4 is 23.6 Å². The van der Waals surface area contributed by atoms with Crippen LogP contribution in [0, 0.1) is 0 Å². The molecule has 2 rings (SSSR count). The van der Waals surface area contributed by atoms with Crippen molar-refractivity contribution in [2.75, 3.05) is 12.3 Å². The fourth-order valence-electron chi connectivity index (χ4n) is 2.60. The lowest BCUT2D eigenvalue weighted by Crippen LogP contribution is -2.46. The van der Waals surface area contributed by atoms with Gasteiger partial charge in [0.15, 0.2) is 0 Å². The monoisotopic (exact) mass is 285 g/mol. The molecule has 2 fully saturated rings. The zero-order chi connectivity index (χ0) is 14.0. The first-order chi connectivity index (χ1) is 8.88. The average Bonchev–Trinajstić information content (AvgIpc) is 2.97. The van der Waals surface area contributed by atoms with E-state index in [2.05, 4.69) is 0 Å². The lowest BCUT2D eigenvalue weighted by molar-refractivity contribution is -0.163. The maximum Gasteiger partial charge on any atom is 0.329 e. The van der Waals surface area contributed by atoms with E-state index in [9.17, 15) is 9.59 Å². The van der Waals surface area contributed by atoms with E-state index < -0.39 is 5.60 Å². The highest BCUT2D eigenvalue weighted by molar-refractivity contribution is 8.00. The van der Waals surface area contributed by atoms with E-state index >= 15 is 0 Å². The number of hydrogen-bond acceptors (Lipinski definition) is 4. The molecule has 4 nitrogen and oxygen atoms in total. The minimum atomic E-state index is -0.490. The smallest absolute Gasteiger partial charge is 0.329 e. The number of likely N-dealkylation sites (tertiary alicyclic amines) is 1. The lowest BCUT2D eigenvalue weighted by atomic mass is 10.1. The van der Waals surface area contributed by atoms with Crippen molar-refractivity contribution in [2.24, 2.45) is 0 Å². The Balaban J connectivity index is 2.00. The summed E-state index contributed by atoms with van der Waals surface area (Å²) in [6, 6.07) is -0.368. The predicted molar refractivity (Wildman–Crippen MR) is 76.1 cm³/mol. The van der Waals surface area contributed by atoms with E-state index in [0.717, 1.165) is 31.4 Å². The first-order valence-corrected chi connectivity index (χ1v) is 8.08. The van der Waals surface area contributed by atoms with Crippen LogP contribution in [0.4, 0.5) is 0 Å². The van der Waals surface area contributed by atoms with Crippen LogP contribution >= 0.6 is 11.8 Å². The number of thioether (sulfide) groups is 1. The van der Waals surface area contributed by atoms with E-state index in [-0.39, 0.29) is 23.2 Å². The number of carbonyl (C=O) groups excluding carboxylic acids is 2. The normalized spacial score (nSPS) is 27.6. The van der Waals surface area contributed by atoms with Crippen molar-refractivity contribution in [3.63, 3.8) is 0 Å². The second kappa shape index (κ2) is 5.73. The average molecular weight is 285 g/mol. The Morgan fingerprint density at radius 2 is 1.95 bits per heavy atom. The Bertz CT molecular complexity index is 358. The third-order valence-corrected chi connectivity index (χ3v) is 4.78. The van der Waals surface area contributed by atoms with Crippen LogP contribution in [-0.2, 0) is 14.3 Å². The van der Waals surface area contributed by atoms with E-state index in [1.54, 1.807) is 16.7 Å². The van der Waals surface area contributed by atoms with E-state index in [0.29, 0.717) is 6.54 Å². The minimum Gasteiger partial charge on any atom is -0.458 e. The summed E-state index contributed by atoms with van der Waals surface area (Å²) in [5.41, 5.74) is -0.490. The minimum absolute atomic E-state index is 0.0584. The van der Waals surface area contributed by atoms with E-state index in [1.165, 1.54) is 0 Å². The summed E-state index contributed by atoms with van der Waals surface area (Å²) in [5, 5.41) is 0.0584. The molecule has 0 N–H and O–H groups in total. The molecule has 2 aliphatic heterocycles. The summed E-state index contributed by atoms with van der Waals surface area (Å²) in [6.45, 7) is 6.27. The number of carbonyl (C=O) groups is 2. The van der Waals surface area contributed by atoms with Crippen LogP contribution in [0.25, 0.3) is 0 Å². The fraction of sp³-hybridized carbons (Fsp3) is 0.857. The summed E-state index contributed by atoms with van der Waals surface area (Å²) < 4.78 is 5.43. The summed E-state index contributed by atoms with van der Waals surface area (Å²) >= 11 is 1.72. The van der Waals surface area contributed by atoms with Crippen LogP contribution < -0.4 is 0 Å². The topological polar surface area (TPSA) is 46.6 Å². The Kier molecular flexibility index (Phi) is 4.43. The van der Waals surface area contributed by atoms with Gasteiger partial charge in [-0.2, -0.15) is 0 Å². The molecule has 2 atom stereocenters. The number of nitrogens with zero attached hydrogens (tertiary/aromatic N) is 1. The molecule has 0 aliphatic carbocycles. The highest BCUT2D eigenvalue weighted by atomic mass is 32.2. The summed E-state index contributed by atoms with van der Waals surface area (Å²) in [6.07, 6.45) is 3.68. The standard InChI is InChI=1S/C14H23NO3S/c1-14(2,3)18-13(17)10-6-4-8-15(10)12(16)11-7-5-9-19-11/h10-11H,4-9H2,1-3H3/t10-,11?/m0/s1. The molecule has 0 spiro atoms. The van der Waals surface area contributed by atoms with Crippen molar-refractivity contribution in [3.8, 4) is 0 Å². The molecule has 2 heterocycles. The van der Waals surface area contributed by atoms with Crippen molar-refractivity contribution < 1.29 is 14.3 Å². The number of ether oxygens (including phenoxy) is 1. The SMILES string of the molecule is CC(C)(C)OC(=O)[C@@H]1CCCN1C(=O)C1CCCS1. The largest absolute Gasteiger partial charge is 0.458 e. The van der Waals surface area contributed by atoms with Gasteiger partial charge in [0.25, 0.3) is 0 Å². The highest BCUT2D eigenvalue weighted by Crippen LogP contribution is 2.31. The molecule has 19 heavy (non-hydrogen) atoms. The van der Waals surface area contributed by atoms with Gasteiger partial charge in [-0.15, -0.1) is 11.8 Å². The van der Waals surface area contributed by atoms with Gasteiger partial charge in [0.2, 0.25) is 5.91 Å². The highest BCUT2D eigenvalue weighted by Gasteiger charge is 2.39. The quantitative estimate of drug-likeness (QED) is 0.730. The zero-order valence-electron chi connectivity index (χ0n) is 12.0. The number of esters is 1. The predicted octanol–water partition coefficient (Wildman–Crippen LogP) is 2.21. The maximum absolute atomic E-state index is 12.4. The van der Waals surface area contributed by atoms with Crippen LogP contribution in [0.1, 0.15) is 46.5 Å². The van der Waals surface area contributed by atoms with E-state index in [1.807, 2.05) is 20.8 Å². The van der Waals surface area contributed by atoms with Crippen molar-refractivity contribution in [1.29, 1.82) is 0 Å². The first-order valence-electron chi connectivity index (χ1n) is 7.03. The van der Waals surface area contributed by atoms with Crippen LogP contribution in [0.5, 0.6) is 0 Å². The molecule has 2 saturated heterocycles. The van der Waals surface area contributed by atoms with E-state index in [4.69, 9.17) is 4.74 Å². The molecule has 0 bridgehead atoms. The van der Waals surface area contributed by atoms with Gasteiger partial charge in [-0.3, -0.25) is 4.79 Å². The fourth-order valence-corrected chi connectivity index (χ4v) is 3.83. The van der Waals surface area contributed by atoms with Crippen molar-refractivity contribution in [2.45, 2.75) is 63.3 Å². The van der Waals surface area contributed by atoms with Gasteiger partial charge in [-0.1, -0.05) is 0 Å². The Labute approximate surface area is 119 Å². The van der Waals surface area contributed by atoms with Gasteiger partial charge < -0.3 is 9.64 Å². The Morgan fingerprint density at radius 1 is 1.21 bits per heavy atom. The number of amides is 1. The van der Waals surface area contributed by atoms with Crippen LogP contribution in [0.3, 0.4) is 0 Å². The molecule has 1 amide bonds. The van der Waals surface area contributed by atoms with Gasteiger partial charge in [0, 0.05) is 6.54 Å². The second-order valence-corrected chi connectivity index (χ2v) is 7.54. The molecule has 1 unspecified atom stereocenters. The molecular formula is C14H23NO3S. The lowest BCUT2D eigenvalue weighted by Gasteiger charge is -2.28. The molecule has 0 aromatic heterocycles. The molecule has 108 valence electrons. The van der Waals surface area contributed by atoms with Crippen molar-refractivity contribution in [3.05, 3.63) is 0 Å². The van der Waals surface area contributed by atoms with Gasteiger partial charge in [0.05, 0.1) is 5.25 Å². The Hall–Kier alpha value is -0.710. The number of hydrogen-bond donors (Lipinski definition) is 0. The third-order valence-electron chi connectivity index (χ3n) is 3.42. The Morgan fingerprint density at radius 3 is 2.53 bits per heavy atom. The summed E-state index contributed by atoms with van der Waals surface area (Å²) in [4.78, 5) is 26.3. The molecular weight excluding hydrogens is 262 g/mol. The molecule has 0 aromatic rings. The molecule has 0 aromatic carbocycles. The van der Waals surface area contributed by atoms with Crippen LogP contribution in [0.15, 0.2) is 0 Å². The second-order valence-electron chi connectivity index (χ2n) is 6.22. The molecule has 2 aliphatic rings. The van der Waals surface area contributed by atoms with Gasteiger partial charge >= 0.3 is 5.97 Å². The van der Waals surface area contributed by atoms with Gasteiger partial charge in [-0.05, 0) is 52.2 Å². The zero-order valence-corrected chi connectivity index (χ0v) is 12.8. The third kappa shape index (κ3) is 3.65. The van der Waals surface area contributed by atoms with Gasteiger partial charge in [0.1, 0.15) is 11.6 Å². The van der Waals surface area contributed by atoms with Gasteiger partial charge in [-0.25, -0.2) is 4.79 Å². The van der Waals surface area contributed by atoms with Crippen molar-refractivity contribution in [1.82, 2.24) is 4.90 Å². The molecule has 0 saturated carbocycles. The first kappa shape index (κ1) is 14.7. The molecule has 0 radical (unpaired) electrons. The summed E-state index contributed by atoms with van der Waals surface area (Å²) in [7, 11) is 0. The summed E-state index contributed by atoms with van der Waals surface area (Å²) in [5.74, 6) is 0.943. The number of rotatable bonds is 2. The molecule has 5 heteroatoms.